The summed E-state index contributed by atoms with van der Waals surface area (Å²) in [7, 11) is 0. The number of nitrogen functional groups attached to an aromatic ring is 1. The van der Waals surface area contributed by atoms with Gasteiger partial charge in [-0.15, -0.1) is 0 Å². The average molecular weight is 495 g/mol. The van der Waals surface area contributed by atoms with Gasteiger partial charge < -0.3 is 11.1 Å². The number of halogens is 3. The maximum atomic E-state index is 13.7. The predicted molar refractivity (Wildman–Crippen MR) is 137 cm³/mol. The highest BCUT2D eigenvalue weighted by molar-refractivity contribution is 5.89. The van der Waals surface area contributed by atoms with Crippen molar-refractivity contribution in [3.05, 3.63) is 71.6 Å². The van der Waals surface area contributed by atoms with Crippen molar-refractivity contribution in [3.8, 4) is 11.4 Å². The topological polar surface area (TPSA) is 89.6 Å². The average Bonchev–Trinajstić information content (AvgIpc) is 2.86. The SMILES string of the molecule is C=C(Nc1nc(-c2ccccc2C(F)(F)F)nc2nc(N)ncc12)C1=C(C(CC)CCC)C=CCC1. The van der Waals surface area contributed by atoms with Gasteiger partial charge in [0.25, 0.3) is 0 Å². The van der Waals surface area contributed by atoms with Gasteiger partial charge in [-0.05, 0) is 48.8 Å². The first-order valence-corrected chi connectivity index (χ1v) is 12.1. The number of benzene rings is 1. The molecule has 3 N–H and O–H groups in total. The third kappa shape index (κ3) is 5.24. The quantitative estimate of drug-likeness (QED) is 0.348. The van der Waals surface area contributed by atoms with E-state index in [9.17, 15) is 13.2 Å². The molecule has 1 aromatic carbocycles. The molecule has 9 heteroatoms. The standard InChI is InChI=1S/C27H29F3N6/c1-4-10-17(5-2)19-12-7-6-11-18(19)16(3)33-24-21-15-32-26(31)36-25(21)35-23(34-24)20-13-8-9-14-22(20)27(28,29)30/h7-9,12-15,17H,3-6,10-11H2,1-2H3,(H3,31,32,33,34,35,36). The van der Waals surface area contributed by atoms with Gasteiger partial charge >= 0.3 is 6.18 Å². The normalized spacial score (nSPS) is 14.8. The molecule has 36 heavy (non-hydrogen) atoms. The van der Waals surface area contributed by atoms with E-state index < -0.39 is 11.7 Å². The Labute approximate surface area is 208 Å². The van der Waals surface area contributed by atoms with Crippen molar-refractivity contribution in [2.75, 3.05) is 11.1 Å². The molecule has 0 spiro atoms. The zero-order valence-corrected chi connectivity index (χ0v) is 20.4. The number of nitrogens with one attached hydrogen (secondary N) is 1. The summed E-state index contributed by atoms with van der Waals surface area (Å²) in [5.74, 6) is 0.536. The summed E-state index contributed by atoms with van der Waals surface area (Å²) >= 11 is 0. The molecular weight excluding hydrogens is 465 g/mol. The van der Waals surface area contributed by atoms with E-state index in [0.717, 1.165) is 43.7 Å². The van der Waals surface area contributed by atoms with Gasteiger partial charge in [0.1, 0.15) is 5.82 Å². The molecule has 0 saturated heterocycles. The third-order valence-electron chi connectivity index (χ3n) is 6.36. The molecule has 4 rings (SSSR count). The van der Waals surface area contributed by atoms with Crippen LogP contribution in [0.25, 0.3) is 22.4 Å². The largest absolute Gasteiger partial charge is 0.417 e. The number of hydrogen-bond donors (Lipinski definition) is 2. The Morgan fingerprint density at radius 2 is 1.94 bits per heavy atom. The number of anilines is 2. The van der Waals surface area contributed by atoms with Crippen LogP contribution in [0.5, 0.6) is 0 Å². The Morgan fingerprint density at radius 1 is 1.17 bits per heavy atom. The van der Waals surface area contributed by atoms with Gasteiger partial charge in [-0.25, -0.2) is 15.0 Å². The first-order valence-electron chi connectivity index (χ1n) is 12.1. The molecule has 3 aromatic rings. The number of nitrogens with two attached hydrogens (primary N) is 1. The van der Waals surface area contributed by atoms with Crippen molar-refractivity contribution < 1.29 is 13.2 Å². The second kappa shape index (κ2) is 10.5. The Hall–Kier alpha value is -3.75. The molecule has 0 saturated carbocycles. The number of alkyl halides is 3. The van der Waals surface area contributed by atoms with E-state index in [-0.39, 0.29) is 28.8 Å². The summed E-state index contributed by atoms with van der Waals surface area (Å²) in [6.07, 6.45) is 6.08. The lowest BCUT2D eigenvalue weighted by Gasteiger charge is -2.25. The summed E-state index contributed by atoms with van der Waals surface area (Å²) in [5.41, 5.74) is 7.92. The van der Waals surface area contributed by atoms with Crippen molar-refractivity contribution in [1.29, 1.82) is 0 Å². The number of fused-ring (bicyclic) bond motifs is 1. The summed E-state index contributed by atoms with van der Waals surface area (Å²) in [5, 5.41) is 3.69. The van der Waals surface area contributed by atoms with E-state index in [1.807, 2.05) is 0 Å². The zero-order valence-electron chi connectivity index (χ0n) is 20.4. The van der Waals surface area contributed by atoms with Crippen LogP contribution in [0.3, 0.4) is 0 Å². The molecule has 188 valence electrons. The van der Waals surface area contributed by atoms with Crippen molar-refractivity contribution in [2.24, 2.45) is 5.92 Å². The molecule has 6 nitrogen and oxygen atoms in total. The second-order valence-electron chi connectivity index (χ2n) is 8.78. The van der Waals surface area contributed by atoms with Gasteiger partial charge in [0, 0.05) is 17.5 Å². The van der Waals surface area contributed by atoms with Crippen LogP contribution in [0.15, 0.2) is 66.0 Å². The number of rotatable bonds is 8. The number of allylic oxidation sites excluding steroid dienone is 4. The lowest BCUT2D eigenvalue weighted by atomic mass is 9.83. The van der Waals surface area contributed by atoms with Gasteiger partial charge in [0.05, 0.1) is 10.9 Å². The van der Waals surface area contributed by atoms with Crippen LogP contribution < -0.4 is 11.1 Å². The zero-order chi connectivity index (χ0) is 25.9. The molecule has 1 aliphatic carbocycles. The monoisotopic (exact) mass is 494 g/mol. The van der Waals surface area contributed by atoms with Crippen molar-refractivity contribution in [3.63, 3.8) is 0 Å². The van der Waals surface area contributed by atoms with Crippen LogP contribution in [-0.2, 0) is 6.18 Å². The predicted octanol–water partition coefficient (Wildman–Crippen LogP) is 7.09. The molecule has 1 unspecified atom stereocenters. The van der Waals surface area contributed by atoms with Crippen LogP contribution in [0, 0.1) is 5.92 Å². The van der Waals surface area contributed by atoms with Crippen molar-refractivity contribution in [1.82, 2.24) is 19.9 Å². The Bertz CT molecular complexity index is 1340. The fourth-order valence-electron chi connectivity index (χ4n) is 4.61. The fourth-order valence-corrected chi connectivity index (χ4v) is 4.61. The van der Waals surface area contributed by atoms with E-state index in [1.165, 1.54) is 30.0 Å². The summed E-state index contributed by atoms with van der Waals surface area (Å²) in [6, 6.07) is 5.20. The highest BCUT2D eigenvalue weighted by Gasteiger charge is 2.34. The summed E-state index contributed by atoms with van der Waals surface area (Å²) in [6.45, 7) is 8.62. The highest BCUT2D eigenvalue weighted by atomic mass is 19.4. The minimum atomic E-state index is -4.57. The van der Waals surface area contributed by atoms with E-state index in [1.54, 1.807) is 0 Å². The Morgan fingerprint density at radius 3 is 2.67 bits per heavy atom. The second-order valence-corrected chi connectivity index (χ2v) is 8.78. The van der Waals surface area contributed by atoms with Crippen molar-refractivity contribution >= 4 is 22.8 Å². The third-order valence-corrected chi connectivity index (χ3v) is 6.36. The van der Waals surface area contributed by atoms with Crippen molar-refractivity contribution in [2.45, 2.75) is 52.1 Å². The first kappa shape index (κ1) is 25.3. The Kier molecular flexibility index (Phi) is 7.37. The fraction of sp³-hybridized carbons (Fsp3) is 0.333. The van der Waals surface area contributed by atoms with Gasteiger partial charge in [0.15, 0.2) is 11.5 Å². The van der Waals surface area contributed by atoms with E-state index in [2.05, 4.69) is 57.8 Å². The molecule has 1 atom stereocenters. The minimum absolute atomic E-state index is 0.0335. The molecule has 1 aliphatic rings. The molecule has 0 aliphatic heterocycles. The smallest absolute Gasteiger partial charge is 0.368 e. The van der Waals surface area contributed by atoms with Crippen LogP contribution in [-0.4, -0.2) is 19.9 Å². The molecule has 0 bridgehead atoms. The number of nitrogens with zero attached hydrogens (tertiary/aromatic N) is 4. The highest BCUT2D eigenvalue weighted by Crippen LogP contribution is 2.38. The Balaban J connectivity index is 1.83. The molecule has 2 aromatic heterocycles. The van der Waals surface area contributed by atoms with Crippen LogP contribution in [0.4, 0.5) is 24.9 Å². The maximum Gasteiger partial charge on any atom is 0.417 e. The number of aromatic nitrogens is 4. The lowest BCUT2D eigenvalue weighted by Crippen LogP contribution is -2.13. The molecule has 2 heterocycles. The van der Waals surface area contributed by atoms with Gasteiger partial charge in [0.2, 0.25) is 5.95 Å². The van der Waals surface area contributed by atoms with E-state index >= 15 is 0 Å². The minimum Gasteiger partial charge on any atom is -0.368 e. The first-order chi connectivity index (χ1) is 17.2. The number of hydrogen-bond acceptors (Lipinski definition) is 6. The van der Waals surface area contributed by atoms with Crippen LogP contribution in [0.1, 0.15) is 51.5 Å². The summed E-state index contributed by atoms with van der Waals surface area (Å²) in [4.78, 5) is 17.0. The lowest BCUT2D eigenvalue weighted by molar-refractivity contribution is -0.137. The molecular formula is C27H29F3N6. The molecule has 0 radical (unpaired) electrons. The van der Waals surface area contributed by atoms with Crippen LogP contribution in [0.2, 0.25) is 0 Å². The van der Waals surface area contributed by atoms with Gasteiger partial charge in [-0.1, -0.05) is 57.2 Å². The van der Waals surface area contributed by atoms with Gasteiger partial charge in [-0.3, -0.25) is 0 Å². The van der Waals surface area contributed by atoms with Crippen LogP contribution >= 0.6 is 0 Å². The van der Waals surface area contributed by atoms with E-state index in [4.69, 9.17) is 5.73 Å². The van der Waals surface area contributed by atoms with E-state index in [0.29, 0.717) is 17.0 Å². The molecule has 0 amide bonds. The molecule has 0 fully saturated rings. The maximum absolute atomic E-state index is 13.7. The van der Waals surface area contributed by atoms with Gasteiger partial charge in [-0.2, -0.15) is 18.2 Å². The summed E-state index contributed by atoms with van der Waals surface area (Å²) < 4.78 is 41.2.